The Labute approximate surface area is 137 Å². The lowest BCUT2D eigenvalue weighted by Crippen LogP contribution is -2.45. The zero-order valence-electron chi connectivity index (χ0n) is 11.3. The Morgan fingerprint density at radius 2 is 1.95 bits per heavy atom. The largest absolute Gasteiger partial charge is 0.314 e. The molecule has 2 aromatic rings. The quantitative estimate of drug-likeness (QED) is 0.840. The van der Waals surface area contributed by atoms with Gasteiger partial charge < -0.3 is 5.32 Å². The van der Waals surface area contributed by atoms with Crippen LogP contribution in [-0.4, -0.2) is 31.1 Å². The van der Waals surface area contributed by atoms with Crippen molar-refractivity contribution in [1.82, 2.24) is 10.2 Å². The first-order chi connectivity index (χ1) is 10.2. The molecule has 0 amide bonds. The Bertz CT molecular complexity index is 612. The molecule has 0 saturated carbocycles. The van der Waals surface area contributed by atoms with E-state index in [0.717, 1.165) is 31.1 Å². The highest BCUT2D eigenvalue weighted by molar-refractivity contribution is 7.10. The van der Waals surface area contributed by atoms with Crippen LogP contribution in [0.1, 0.15) is 16.5 Å². The first-order valence-electron chi connectivity index (χ1n) is 6.80. The second-order valence-corrected chi connectivity index (χ2v) is 6.73. The fraction of sp³-hybridized carbons (Fsp3) is 0.333. The van der Waals surface area contributed by atoms with E-state index in [1.165, 1.54) is 12.1 Å². The number of nitrogens with one attached hydrogen (secondary N) is 1. The number of benzene rings is 1. The minimum Gasteiger partial charge on any atom is -0.314 e. The van der Waals surface area contributed by atoms with Crippen LogP contribution in [0.2, 0.25) is 10.0 Å². The van der Waals surface area contributed by atoms with Crippen LogP contribution in [0, 0.1) is 5.82 Å². The Hall–Kier alpha value is -0.650. The molecular formula is C15H15Cl2FN2S. The Morgan fingerprint density at radius 1 is 1.19 bits per heavy atom. The monoisotopic (exact) mass is 344 g/mol. The highest BCUT2D eigenvalue weighted by atomic mass is 35.5. The van der Waals surface area contributed by atoms with Gasteiger partial charge in [0.25, 0.3) is 0 Å². The summed E-state index contributed by atoms with van der Waals surface area (Å²) in [7, 11) is 0. The molecule has 0 spiro atoms. The van der Waals surface area contributed by atoms with Gasteiger partial charge in [0.1, 0.15) is 5.82 Å². The minimum absolute atomic E-state index is 0.182. The lowest BCUT2D eigenvalue weighted by molar-refractivity contribution is 0.197. The molecule has 21 heavy (non-hydrogen) atoms. The maximum atomic E-state index is 14.4. The summed E-state index contributed by atoms with van der Waals surface area (Å²) in [4.78, 5) is 3.34. The fourth-order valence-corrected chi connectivity index (χ4v) is 3.97. The molecule has 1 aliphatic rings. The molecule has 1 N–H and O–H groups in total. The van der Waals surface area contributed by atoms with Crippen LogP contribution in [0.5, 0.6) is 0 Å². The summed E-state index contributed by atoms with van der Waals surface area (Å²) >= 11 is 14.0. The average molecular weight is 345 g/mol. The summed E-state index contributed by atoms with van der Waals surface area (Å²) in [6.45, 7) is 3.49. The van der Waals surface area contributed by atoms with Gasteiger partial charge in [-0.1, -0.05) is 29.3 Å². The van der Waals surface area contributed by atoms with Gasteiger partial charge in [-0.15, -0.1) is 11.3 Å². The Kier molecular flexibility index (Phi) is 4.82. The lowest BCUT2D eigenvalue weighted by Gasteiger charge is -2.35. The number of hydrogen-bond donors (Lipinski definition) is 1. The second-order valence-electron chi connectivity index (χ2n) is 4.96. The van der Waals surface area contributed by atoms with E-state index >= 15 is 0 Å². The molecule has 112 valence electrons. The van der Waals surface area contributed by atoms with Crippen LogP contribution in [0.3, 0.4) is 0 Å². The summed E-state index contributed by atoms with van der Waals surface area (Å²) in [5, 5.41) is 6.02. The third-order valence-corrected chi connectivity index (χ3v) is 5.43. The van der Waals surface area contributed by atoms with Crippen molar-refractivity contribution in [2.45, 2.75) is 6.04 Å². The van der Waals surface area contributed by atoms with Gasteiger partial charge in [-0.3, -0.25) is 4.90 Å². The number of nitrogens with zero attached hydrogens (tertiary/aromatic N) is 1. The number of piperazine rings is 1. The zero-order chi connectivity index (χ0) is 14.8. The predicted molar refractivity (Wildman–Crippen MR) is 87.0 cm³/mol. The highest BCUT2D eigenvalue weighted by Gasteiger charge is 2.29. The first-order valence-corrected chi connectivity index (χ1v) is 8.43. The minimum atomic E-state index is -0.304. The Morgan fingerprint density at radius 3 is 2.62 bits per heavy atom. The van der Waals surface area contributed by atoms with Crippen LogP contribution in [-0.2, 0) is 0 Å². The molecule has 1 aromatic heterocycles. The highest BCUT2D eigenvalue weighted by Crippen LogP contribution is 2.40. The van der Waals surface area contributed by atoms with Gasteiger partial charge in [0, 0.05) is 36.6 Å². The van der Waals surface area contributed by atoms with Crippen molar-refractivity contribution in [3.8, 4) is 0 Å². The molecule has 1 atom stereocenters. The normalized spacial score (nSPS) is 17.9. The van der Waals surface area contributed by atoms with E-state index in [1.54, 1.807) is 11.3 Å². The zero-order valence-corrected chi connectivity index (χ0v) is 13.6. The van der Waals surface area contributed by atoms with Gasteiger partial charge in [0.05, 0.1) is 16.1 Å². The van der Waals surface area contributed by atoms with Gasteiger partial charge in [-0.05, 0) is 23.6 Å². The molecule has 1 aliphatic heterocycles. The van der Waals surface area contributed by atoms with Crippen LogP contribution < -0.4 is 5.32 Å². The van der Waals surface area contributed by atoms with E-state index < -0.39 is 0 Å². The van der Waals surface area contributed by atoms with Crippen LogP contribution >= 0.6 is 34.5 Å². The predicted octanol–water partition coefficient (Wildman–Crippen LogP) is 4.19. The van der Waals surface area contributed by atoms with Gasteiger partial charge in [0.2, 0.25) is 0 Å². The summed E-state index contributed by atoms with van der Waals surface area (Å²) in [5.41, 5.74) is 0.480. The van der Waals surface area contributed by atoms with Gasteiger partial charge >= 0.3 is 0 Å². The molecule has 0 unspecified atom stereocenters. The van der Waals surface area contributed by atoms with E-state index in [1.807, 2.05) is 17.5 Å². The van der Waals surface area contributed by atoms with E-state index in [2.05, 4.69) is 10.2 Å². The fourth-order valence-electron chi connectivity index (χ4n) is 2.69. The smallest absolute Gasteiger partial charge is 0.129 e. The van der Waals surface area contributed by atoms with Crippen LogP contribution in [0.25, 0.3) is 0 Å². The SMILES string of the molecule is Fc1ccc(Cl)c(Cl)c1[C@@H](c1cccs1)N1CCNCC1. The summed E-state index contributed by atoms with van der Waals surface area (Å²) < 4.78 is 14.4. The third-order valence-electron chi connectivity index (χ3n) is 3.68. The molecule has 2 heterocycles. The molecule has 2 nitrogen and oxygen atoms in total. The van der Waals surface area contributed by atoms with Crippen molar-refractivity contribution in [3.05, 3.63) is 55.9 Å². The van der Waals surface area contributed by atoms with Gasteiger partial charge in [-0.25, -0.2) is 4.39 Å². The molecule has 1 saturated heterocycles. The van der Waals surface area contributed by atoms with E-state index in [0.29, 0.717) is 15.6 Å². The molecule has 6 heteroatoms. The molecule has 0 bridgehead atoms. The second kappa shape index (κ2) is 6.63. The van der Waals surface area contributed by atoms with Crippen molar-refractivity contribution in [3.63, 3.8) is 0 Å². The maximum Gasteiger partial charge on any atom is 0.129 e. The van der Waals surface area contributed by atoms with Crippen LogP contribution in [0.4, 0.5) is 4.39 Å². The molecule has 1 fully saturated rings. The summed E-state index contributed by atoms with van der Waals surface area (Å²) in [6, 6.07) is 6.72. The molecule has 1 aromatic carbocycles. The van der Waals surface area contributed by atoms with Gasteiger partial charge in [-0.2, -0.15) is 0 Å². The molecule has 3 rings (SSSR count). The summed E-state index contributed by atoms with van der Waals surface area (Å²) in [6.07, 6.45) is 0. The number of halogens is 3. The van der Waals surface area contributed by atoms with Crippen molar-refractivity contribution in [2.75, 3.05) is 26.2 Å². The molecular weight excluding hydrogens is 330 g/mol. The maximum absolute atomic E-state index is 14.4. The number of rotatable bonds is 3. The van der Waals surface area contributed by atoms with Crippen molar-refractivity contribution in [1.29, 1.82) is 0 Å². The standard InChI is InChI=1S/C15H15Cl2FN2S/c16-10-3-4-11(18)13(14(10)17)15(12-2-1-9-21-12)20-7-5-19-6-8-20/h1-4,9,15,19H,5-8H2/t15-/m1/s1. The molecule has 0 aliphatic carbocycles. The van der Waals surface area contributed by atoms with E-state index in [4.69, 9.17) is 23.2 Å². The number of thiophene rings is 1. The topological polar surface area (TPSA) is 15.3 Å². The Balaban J connectivity index is 2.09. The van der Waals surface area contributed by atoms with Crippen molar-refractivity contribution >= 4 is 34.5 Å². The van der Waals surface area contributed by atoms with Crippen molar-refractivity contribution in [2.24, 2.45) is 0 Å². The number of hydrogen-bond acceptors (Lipinski definition) is 3. The van der Waals surface area contributed by atoms with E-state index in [-0.39, 0.29) is 11.9 Å². The van der Waals surface area contributed by atoms with Crippen molar-refractivity contribution < 1.29 is 4.39 Å². The molecule has 0 radical (unpaired) electrons. The van der Waals surface area contributed by atoms with Gasteiger partial charge in [0.15, 0.2) is 0 Å². The first kappa shape index (κ1) is 15.3. The summed E-state index contributed by atoms with van der Waals surface area (Å²) in [5.74, 6) is -0.304. The van der Waals surface area contributed by atoms with E-state index in [9.17, 15) is 4.39 Å². The third kappa shape index (κ3) is 3.10. The average Bonchev–Trinajstić information content (AvgIpc) is 3.02. The lowest BCUT2D eigenvalue weighted by atomic mass is 10.0. The van der Waals surface area contributed by atoms with Crippen LogP contribution in [0.15, 0.2) is 29.6 Å².